The Balaban J connectivity index is 2.72. The van der Waals surface area contributed by atoms with Crippen LogP contribution in [0.5, 0.6) is 0 Å². The normalized spacial score (nSPS) is 17.2. The molecule has 1 rings (SSSR count). The van der Waals surface area contributed by atoms with Gasteiger partial charge < -0.3 is 4.90 Å². The molecule has 92 valence electrons. The van der Waals surface area contributed by atoms with E-state index in [0.717, 1.165) is 17.7 Å². The molecule has 0 aromatic carbocycles. The average molecular weight is 226 g/mol. The number of imide groups is 1. The van der Waals surface area contributed by atoms with Crippen LogP contribution in [0.15, 0.2) is 0 Å². The molecule has 0 aliphatic heterocycles. The van der Waals surface area contributed by atoms with Crippen LogP contribution in [0.25, 0.3) is 0 Å². The maximum Gasteiger partial charge on any atom is 0.326 e. The maximum absolute atomic E-state index is 12.0. The van der Waals surface area contributed by atoms with Crippen molar-refractivity contribution in [3.05, 3.63) is 0 Å². The van der Waals surface area contributed by atoms with Gasteiger partial charge in [0, 0.05) is 19.1 Å². The number of rotatable bonds is 3. The van der Waals surface area contributed by atoms with Crippen LogP contribution in [0, 0.1) is 0 Å². The van der Waals surface area contributed by atoms with E-state index in [0.29, 0.717) is 12.5 Å². The van der Waals surface area contributed by atoms with Crippen molar-refractivity contribution >= 4 is 12.4 Å². The second-order valence-electron chi connectivity index (χ2n) is 4.79. The van der Waals surface area contributed by atoms with E-state index in [4.69, 9.17) is 0 Å². The molecule has 0 heterocycles. The summed E-state index contributed by atoms with van der Waals surface area (Å²) in [4.78, 5) is 25.7. The molecule has 1 aliphatic rings. The molecule has 4 nitrogen and oxygen atoms in total. The highest BCUT2D eigenvalue weighted by molar-refractivity contribution is 5.84. The smallest absolute Gasteiger partial charge is 0.319 e. The highest BCUT2D eigenvalue weighted by Gasteiger charge is 2.29. The lowest BCUT2D eigenvalue weighted by molar-refractivity contribution is -0.115. The molecule has 1 saturated carbocycles. The number of carbonyl (C=O) groups excluding carboxylic acids is 2. The number of amides is 3. The van der Waals surface area contributed by atoms with Gasteiger partial charge in [-0.2, -0.15) is 0 Å². The number of nitrogens with zero attached hydrogens (tertiary/aromatic N) is 2. The highest BCUT2D eigenvalue weighted by atomic mass is 16.2. The number of urea groups is 1. The van der Waals surface area contributed by atoms with Crippen LogP contribution in [0.3, 0.4) is 0 Å². The van der Waals surface area contributed by atoms with Gasteiger partial charge in [-0.1, -0.05) is 19.3 Å². The molecule has 0 aromatic rings. The molecule has 0 saturated heterocycles. The van der Waals surface area contributed by atoms with E-state index in [1.54, 1.807) is 0 Å². The summed E-state index contributed by atoms with van der Waals surface area (Å²) in [6, 6.07) is 0.290. The van der Waals surface area contributed by atoms with Crippen LogP contribution in [-0.4, -0.2) is 41.4 Å². The van der Waals surface area contributed by atoms with Gasteiger partial charge >= 0.3 is 6.03 Å². The van der Waals surface area contributed by atoms with Gasteiger partial charge in [0.25, 0.3) is 0 Å². The molecule has 1 fully saturated rings. The Bertz CT molecular complexity index is 247. The van der Waals surface area contributed by atoms with Crippen molar-refractivity contribution in [3.63, 3.8) is 0 Å². The van der Waals surface area contributed by atoms with Gasteiger partial charge in [-0.3, -0.25) is 9.69 Å². The minimum Gasteiger partial charge on any atom is -0.319 e. The summed E-state index contributed by atoms with van der Waals surface area (Å²) in [5.41, 5.74) is 0. The number of carbonyl (C=O) groups is 2. The molecule has 0 atom stereocenters. The molecular formula is C12H22N2O2. The van der Waals surface area contributed by atoms with E-state index in [1.165, 1.54) is 26.3 Å². The minimum atomic E-state index is -0.170. The summed E-state index contributed by atoms with van der Waals surface area (Å²) >= 11 is 0. The third-order valence-electron chi connectivity index (χ3n) is 3.21. The summed E-state index contributed by atoms with van der Waals surface area (Å²) in [5.74, 6) is 0. The fourth-order valence-corrected chi connectivity index (χ4v) is 2.39. The summed E-state index contributed by atoms with van der Waals surface area (Å²) < 4.78 is 0. The second kappa shape index (κ2) is 5.87. The quantitative estimate of drug-likeness (QED) is 0.692. The molecular weight excluding hydrogens is 204 g/mol. The van der Waals surface area contributed by atoms with Crippen LogP contribution >= 0.6 is 0 Å². The van der Waals surface area contributed by atoms with Gasteiger partial charge in [-0.15, -0.1) is 0 Å². The zero-order valence-corrected chi connectivity index (χ0v) is 10.5. The Morgan fingerprint density at radius 1 is 1.25 bits per heavy atom. The molecule has 0 bridgehead atoms. The SMILES string of the molecule is CC(C)N(C(=O)N(C)C=O)C1CCCCC1. The maximum atomic E-state index is 12.0. The third kappa shape index (κ3) is 2.97. The molecule has 0 spiro atoms. The molecule has 0 radical (unpaired) electrons. The lowest BCUT2D eigenvalue weighted by Crippen LogP contribution is -2.50. The van der Waals surface area contributed by atoms with Crippen molar-refractivity contribution in [1.29, 1.82) is 0 Å². The van der Waals surface area contributed by atoms with E-state index in [1.807, 2.05) is 18.7 Å². The van der Waals surface area contributed by atoms with Crippen molar-refractivity contribution in [1.82, 2.24) is 9.80 Å². The number of hydrogen-bond acceptors (Lipinski definition) is 2. The summed E-state index contributed by atoms with van der Waals surface area (Å²) in [5, 5.41) is 0. The Hall–Kier alpha value is -1.06. The molecule has 0 N–H and O–H groups in total. The third-order valence-corrected chi connectivity index (χ3v) is 3.21. The van der Waals surface area contributed by atoms with Gasteiger partial charge in [-0.05, 0) is 26.7 Å². The first kappa shape index (κ1) is 13.0. The fourth-order valence-electron chi connectivity index (χ4n) is 2.39. The van der Waals surface area contributed by atoms with Gasteiger partial charge in [0.1, 0.15) is 0 Å². The lowest BCUT2D eigenvalue weighted by Gasteiger charge is -2.38. The first-order valence-corrected chi connectivity index (χ1v) is 6.08. The van der Waals surface area contributed by atoms with Gasteiger partial charge in [0.15, 0.2) is 0 Å². The summed E-state index contributed by atoms with van der Waals surface area (Å²) in [6.07, 6.45) is 6.35. The largest absolute Gasteiger partial charge is 0.326 e. The molecule has 1 aliphatic carbocycles. The summed E-state index contributed by atoms with van der Waals surface area (Å²) in [7, 11) is 1.52. The van der Waals surface area contributed by atoms with E-state index in [2.05, 4.69) is 0 Å². The Labute approximate surface area is 97.6 Å². The predicted molar refractivity (Wildman–Crippen MR) is 63.1 cm³/mol. The van der Waals surface area contributed by atoms with Crippen LogP contribution in [0.4, 0.5) is 4.79 Å². The molecule has 0 unspecified atom stereocenters. The van der Waals surface area contributed by atoms with Crippen molar-refractivity contribution in [2.75, 3.05) is 7.05 Å². The Kier molecular flexibility index (Phi) is 4.77. The molecule has 16 heavy (non-hydrogen) atoms. The summed E-state index contributed by atoms with van der Waals surface area (Å²) in [6.45, 7) is 4.01. The van der Waals surface area contributed by atoms with Gasteiger partial charge in [-0.25, -0.2) is 4.79 Å². The molecule has 0 aromatic heterocycles. The predicted octanol–water partition coefficient (Wildman–Crippen LogP) is 2.24. The van der Waals surface area contributed by atoms with Crippen LogP contribution in [0.1, 0.15) is 46.0 Å². The van der Waals surface area contributed by atoms with Crippen LogP contribution in [0.2, 0.25) is 0 Å². The highest BCUT2D eigenvalue weighted by Crippen LogP contribution is 2.24. The standard InChI is InChI=1S/C12H22N2O2/c1-10(2)14(12(16)13(3)9-15)11-7-5-4-6-8-11/h9-11H,4-8H2,1-3H3. The zero-order valence-electron chi connectivity index (χ0n) is 10.5. The number of hydrogen-bond donors (Lipinski definition) is 0. The first-order valence-electron chi connectivity index (χ1n) is 6.08. The van der Waals surface area contributed by atoms with Gasteiger partial charge in [0.2, 0.25) is 6.41 Å². The molecule has 3 amide bonds. The molecule has 4 heteroatoms. The van der Waals surface area contributed by atoms with Crippen LogP contribution in [-0.2, 0) is 4.79 Å². The Morgan fingerprint density at radius 3 is 2.25 bits per heavy atom. The zero-order chi connectivity index (χ0) is 12.1. The second-order valence-corrected chi connectivity index (χ2v) is 4.79. The van der Waals surface area contributed by atoms with E-state index >= 15 is 0 Å². The van der Waals surface area contributed by atoms with Crippen molar-refractivity contribution in [2.45, 2.75) is 58.0 Å². The monoisotopic (exact) mass is 226 g/mol. The Morgan fingerprint density at radius 2 is 1.81 bits per heavy atom. The minimum absolute atomic E-state index is 0.151. The topological polar surface area (TPSA) is 40.6 Å². The van der Waals surface area contributed by atoms with Crippen LogP contribution < -0.4 is 0 Å². The van der Waals surface area contributed by atoms with E-state index in [-0.39, 0.29) is 12.1 Å². The first-order chi connectivity index (χ1) is 7.57. The van der Waals surface area contributed by atoms with Gasteiger partial charge in [0.05, 0.1) is 0 Å². The van der Waals surface area contributed by atoms with E-state index in [9.17, 15) is 9.59 Å². The van der Waals surface area contributed by atoms with E-state index < -0.39 is 0 Å². The van der Waals surface area contributed by atoms with Crippen molar-refractivity contribution < 1.29 is 9.59 Å². The lowest BCUT2D eigenvalue weighted by atomic mass is 9.93. The van der Waals surface area contributed by atoms with Crippen molar-refractivity contribution in [3.8, 4) is 0 Å². The van der Waals surface area contributed by atoms with Crippen molar-refractivity contribution in [2.24, 2.45) is 0 Å². The fraction of sp³-hybridized carbons (Fsp3) is 0.833. The average Bonchev–Trinajstić information content (AvgIpc) is 2.29.